The van der Waals surface area contributed by atoms with Crippen LogP contribution >= 0.6 is 11.6 Å². The second-order valence-corrected chi connectivity index (χ2v) is 5.34. The molecule has 0 radical (unpaired) electrons. The minimum Gasteiger partial charge on any atom is -0.368 e. The highest BCUT2D eigenvalue weighted by atomic mass is 35.5. The Kier molecular flexibility index (Phi) is 4.00. The van der Waals surface area contributed by atoms with Gasteiger partial charge in [-0.1, -0.05) is 43.6 Å². The van der Waals surface area contributed by atoms with E-state index in [-0.39, 0.29) is 11.2 Å². The lowest BCUT2D eigenvalue weighted by Crippen LogP contribution is -2.29. The minimum absolute atomic E-state index is 0.205. The van der Waals surface area contributed by atoms with E-state index in [0.29, 0.717) is 22.9 Å². The lowest BCUT2D eigenvalue weighted by Gasteiger charge is -2.26. The van der Waals surface area contributed by atoms with Gasteiger partial charge in [-0.2, -0.15) is 0 Å². The van der Waals surface area contributed by atoms with Gasteiger partial charge in [-0.05, 0) is 11.6 Å². The predicted molar refractivity (Wildman–Crippen MR) is 75.0 cm³/mol. The van der Waals surface area contributed by atoms with Gasteiger partial charge in [0.05, 0.1) is 6.20 Å². The molecule has 0 saturated heterocycles. The van der Waals surface area contributed by atoms with Crippen LogP contribution in [0.5, 0.6) is 0 Å². The first-order valence-corrected chi connectivity index (χ1v) is 6.33. The van der Waals surface area contributed by atoms with Gasteiger partial charge >= 0.3 is 0 Å². The van der Waals surface area contributed by atoms with Crippen LogP contribution < -0.4 is 5.32 Å². The summed E-state index contributed by atoms with van der Waals surface area (Å²) in [4.78, 5) is 7.87. The topological polar surface area (TPSA) is 37.8 Å². The number of anilines is 1. The Morgan fingerprint density at radius 2 is 2.05 bits per heavy atom. The average molecular weight is 280 g/mol. The van der Waals surface area contributed by atoms with Crippen molar-refractivity contribution in [3.63, 3.8) is 0 Å². The number of rotatable bonds is 4. The first kappa shape index (κ1) is 13.7. The maximum atomic E-state index is 13.8. The molecule has 2 rings (SSSR count). The molecule has 2 aromatic rings. The normalized spacial score (nSPS) is 11.4. The van der Waals surface area contributed by atoms with E-state index in [9.17, 15) is 4.39 Å². The summed E-state index contributed by atoms with van der Waals surface area (Å²) in [6.45, 7) is 4.45. The van der Waals surface area contributed by atoms with E-state index in [0.717, 1.165) is 0 Å². The molecular formula is C14H15ClFN3. The van der Waals surface area contributed by atoms with Crippen LogP contribution in [0.3, 0.4) is 0 Å². The second kappa shape index (κ2) is 5.53. The summed E-state index contributed by atoms with van der Waals surface area (Å²) in [7, 11) is 0. The van der Waals surface area contributed by atoms with E-state index in [1.54, 1.807) is 12.1 Å². The molecule has 0 spiro atoms. The standard InChI is InChI=1S/C14H15ClFN3/c1-14(2,10-5-3-4-6-12(10)16)8-18-13-11(15)7-17-9-19-13/h3-7,9H,8H2,1-2H3,(H,17,18,19). The lowest BCUT2D eigenvalue weighted by atomic mass is 9.84. The van der Waals surface area contributed by atoms with Crippen LogP contribution in [0, 0.1) is 5.82 Å². The van der Waals surface area contributed by atoms with E-state index < -0.39 is 0 Å². The van der Waals surface area contributed by atoms with E-state index in [1.807, 2.05) is 19.9 Å². The summed E-state index contributed by atoms with van der Waals surface area (Å²) in [5.74, 6) is 0.351. The third-order valence-electron chi connectivity index (χ3n) is 2.97. The molecule has 0 saturated carbocycles. The van der Waals surface area contributed by atoms with Gasteiger partial charge in [0.2, 0.25) is 0 Å². The van der Waals surface area contributed by atoms with Crippen molar-refractivity contribution in [3.05, 3.63) is 53.2 Å². The van der Waals surface area contributed by atoms with E-state index in [4.69, 9.17) is 11.6 Å². The highest BCUT2D eigenvalue weighted by molar-refractivity contribution is 6.32. The maximum absolute atomic E-state index is 13.8. The first-order valence-electron chi connectivity index (χ1n) is 5.95. The molecule has 5 heteroatoms. The van der Waals surface area contributed by atoms with Crippen LogP contribution in [0.4, 0.5) is 10.2 Å². The summed E-state index contributed by atoms with van der Waals surface area (Å²) in [6.07, 6.45) is 2.94. The van der Waals surface area contributed by atoms with Crippen LogP contribution in [0.1, 0.15) is 19.4 Å². The van der Waals surface area contributed by atoms with Crippen molar-refractivity contribution in [2.75, 3.05) is 11.9 Å². The molecule has 3 nitrogen and oxygen atoms in total. The summed E-state index contributed by atoms with van der Waals surface area (Å²) < 4.78 is 13.8. The van der Waals surface area contributed by atoms with Crippen molar-refractivity contribution in [2.45, 2.75) is 19.3 Å². The molecule has 1 aromatic carbocycles. The number of nitrogens with one attached hydrogen (secondary N) is 1. The molecule has 100 valence electrons. The summed E-state index contributed by atoms with van der Waals surface area (Å²) in [6, 6.07) is 6.77. The quantitative estimate of drug-likeness (QED) is 0.928. The number of aromatic nitrogens is 2. The SMILES string of the molecule is CC(C)(CNc1ncncc1Cl)c1ccccc1F. The lowest BCUT2D eigenvalue weighted by molar-refractivity contribution is 0.504. The van der Waals surface area contributed by atoms with Crippen LogP contribution in [0.2, 0.25) is 5.02 Å². The van der Waals surface area contributed by atoms with Crippen molar-refractivity contribution in [1.82, 2.24) is 9.97 Å². The molecule has 1 N–H and O–H groups in total. The predicted octanol–water partition coefficient (Wildman–Crippen LogP) is 3.66. The number of hydrogen-bond acceptors (Lipinski definition) is 3. The average Bonchev–Trinajstić information content (AvgIpc) is 2.38. The van der Waals surface area contributed by atoms with Crippen molar-refractivity contribution in [1.29, 1.82) is 0 Å². The van der Waals surface area contributed by atoms with Gasteiger partial charge in [0, 0.05) is 12.0 Å². The van der Waals surface area contributed by atoms with Crippen LogP contribution in [-0.2, 0) is 5.41 Å². The molecule has 0 aliphatic heterocycles. The van der Waals surface area contributed by atoms with Gasteiger partial charge in [0.15, 0.2) is 0 Å². The monoisotopic (exact) mass is 279 g/mol. The Morgan fingerprint density at radius 1 is 1.32 bits per heavy atom. The van der Waals surface area contributed by atoms with Crippen LogP contribution in [0.15, 0.2) is 36.8 Å². The minimum atomic E-state index is -0.375. The number of nitrogens with zero attached hydrogens (tertiary/aromatic N) is 2. The molecular weight excluding hydrogens is 265 g/mol. The van der Waals surface area contributed by atoms with Gasteiger partial charge in [0.25, 0.3) is 0 Å². The van der Waals surface area contributed by atoms with Gasteiger partial charge in [-0.15, -0.1) is 0 Å². The molecule has 0 bridgehead atoms. The summed E-state index contributed by atoms with van der Waals surface area (Å²) in [5.41, 5.74) is 0.285. The van der Waals surface area contributed by atoms with Crippen molar-refractivity contribution < 1.29 is 4.39 Å². The van der Waals surface area contributed by atoms with E-state index >= 15 is 0 Å². The Hall–Kier alpha value is -1.68. The zero-order valence-corrected chi connectivity index (χ0v) is 11.6. The number of benzene rings is 1. The highest BCUT2D eigenvalue weighted by Gasteiger charge is 2.24. The van der Waals surface area contributed by atoms with Crippen LogP contribution in [0.25, 0.3) is 0 Å². The van der Waals surface area contributed by atoms with Gasteiger partial charge in [0.1, 0.15) is 23.0 Å². The molecule has 0 aliphatic rings. The first-order chi connectivity index (χ1) is 9.00. The fraction of sp³-hybridized carbons (Fsp3) is 0.286. The Morgan fingerprint density at radius 3 is 2.74 bits per heavy atom. The Labute approximate surface area is 116 Å². The molecule has 1 aromatic heterocycles. The zero-order valence-electron chi connectivity index (χ0n) is 10.8. The van der Waals surface area contributed by atoms with E-state index in [2.05, 4.69) is 15.3 Å². The molecule has 0 fully saturated rings. The van der Waals surface area contributed by atoms with Gasteiger partial charge in [-0.25, -0.2) is 14.4 Å². The van der Waals surface area contributed by atoms with Crippen LogP contribution in [-0.4, -0.2) is 16.5 Å². The van der Waals surface area contributed by atoms with Crippen molar-refractivity contribution in [3.8, 4) is 0 Å². The fourth-order valence-corrected chi connectivity index (χ4v) is 2.02. The third-order valence-corrected chi connectivity index (χ3v) is 3.24. The molecule has 19 heavy (non-hydrogen) atoms. The van der Waals surface area contributed by atoms with Crippen molar-refractivity contribution >= 4 is 17.4 Å². The Balaban J connectivity index is 2.14. The number of halogens is 2. The highest BCUT2D eigenvalue weighted by Crippen LogP contribution is 2.27. The van der Waals surface area contributed by atoms with Gasteiger partial charge in [-0.3, -0.25) is 0 Å². The number of hydrogen-bond donors (Lipinski definition) is 1. The largest absolute Gasteiger partial charge is 0.368 e. The molecule has 1 heterocycles. The molecule has 0 atom stereocenters. The van der Waals surface area contributed by atoms with Crippen molar-refractivity contribution in [2.24, 2.45) is 0 Å². The molecule has 0 aliphatic carbocycles. The second-order valence-electron chi connectivity index (χ2n) is 4.94. The third kappa shape index (κ3) is 3.20. The maximum Gasteiger partial charge on any atom is 0.148 e. The fourth-order valence-electron chi connectivity index (χ4n) is 1.85. The smallest absolute Gasteiger partial charge is 0.148 e. The molecule has 0 unspecified atom stereocenters. The Bertz CT molecular complexity index is 572. The van der Waals surface area contributed by atoms with E-state index in [1.165, 1.54) is 18.6 Å². The zero-order chi connectivity index (χ0) is 13.9. The summed E-state index contributed by atoms with van der Waals surface area (Å²) in [5, 5.41) is 3.58. The summed E-state index contributed by atoms with van der Waals surface area (Å²) >= 11 is 5.97. The molecule has 0 amide bonds. The van der Waals surface area contributed by atoms with Gasteiger partial charge < -0.3 is 5.32 Å².